The fraction of sp³-hybridized carbons (Fsp3) is 0.300. The highest BCUT2D eigenvalue weighted by atomic mass is 16.5. The first-order valence-corrected chi connectivity index (χ1v) is 8.57. The number of aryl methyl sites for hydroxylation is 1. The number of oxazole rings is 1. The highest BCUT2D eigenvalue weighted by Gasteiger charge is 2.11. The largest absolute Gasteiger partial charge is 0.477 e. The Morgan fingerprint density at radius 1 is 1.04 bits per heavy atom. The lowest BCUT2D eigenvalue weighted by molar-refractivity contribution is 0.306. The van der Waals surface area contributed by atoms with Crippen molar-refractivity contribution >= 4 is 0 Å². The van der Waals surface area contributed by atoms with Gasteiger partial charge in [0.2, 0.25) is 11.8 Å². The van der Waals surface area contributed by atoms with Crippen molar-refractivity contribution < 1.29 is 9.15 Å². The second kappa shape index (κ2) is 8.44. The van der Waals surface area contributed by atoms with Crippen LogP contribution in [0.4, 0.5) is 0 Å². The molecule has 0 saturated carbocycles. The summed E-state index contributed by atoms with van der Waals surface area (Å²) >= 11 is 0. The number of nitrogens with zero attached hydrogens (tertiary/aromatic N) is 2. The van der Waals surface area contributed by atoms with Gasteiger partial charge < -0.3 is 14.5 Å². The van der Waals surface area contributed by atoms with Gasteiger partial charge in [0.05, 0.1) is 18.0 Å². The molecule has 0 spiro atoms. The first-order valence-electron chi connectivity index (χ1n) is 8.57. The van der Waals surface area contributed by atoms with Crippen molar-refractivity contribution in [1.29, 1.82) is 0 Å². The monoisotopic (exact) mass is 337 g/mol. The Morgan fingerprint density at radius 3 is 2.68 bits per heavy atom. The first-order chi connectivity index (χ1) is 12.3. The number of hydrogen-bond acceptors (Lipinski definition) is 5. The molecule has 5 heteroatoms. The van der Waals surface area contributed by atoms with E-state index >= 15 is 0 Å². The summed E-state index contributed by atoms with van der Waals surface area (Å²) in [7, 11) is 0. The van der Waals surface area contributed by atoms with Crippen molar-refractivity contribution in [2.45, 2.75) is 26.8 Å². The van der Waals surface area contributed by atoms with E-state index in [-0.39, 0.29) is 0 Å². The lowest BCUT2D eigenvalue weighted by Gasteiger charge is -2.06. The summed E-state index contributed by atoms with van der Waals surface area (Å²) in [6, 6.07) is 15.7. The summed E-state index contributed by atoms with van der Waals surface area (Å²) < 4.78 is 11.6. The van der Waals surface area contributed by atoms with Crippen molar-refractivity contribution in [3.63, 3.8) is 0 Å². The molecule has 1 aromatic carbocycles. The van der Waals surface area contributed by atoms with Crippen LogP contribution >= 0.6 is 0 Å². The van der Waals surface area contributed by atoms with Crippen LogP contribution < -0.4 is 10.1 Å². The van der Waals surface area contributed by atoms with Gasteiger partial charge >= 0.3 is 0 Å². The Labute approximate surface area is 148 Å². The highest BCUT2D eigenvalue weighted by molar-refractivity contribution is 5.53. The standard InChI is InChI=1S/C20H23N3O2/c1-3-21-14-17-10-7-11-19(22-17)24-13-12-18-15(2)25-20(23-18)16-8-5-4-6-9-16/h4-11,21H,3,12-14H2,1-2H3. The highest BCUT2D eigenvalue weighted by Crippen LogP contribution is 2.21. The van der Waals surface area contributed by atoms with Gasteiger partial charge in [-0.3, -0.25) is 0 Å². The van der Waals surface area contributed by atoms with Crippen LogP contribution in [0.25, 0.3) is 11.5 Å². The molecule has 25 heavy (non-hydrogen) atoms. The molecule has 2 heterocycles. The van der Waals surface area contributed by atoms with Gasteiger partial charge in [-0.1, -0.05) is 31.2 Å². The van der Waals surface area contributed by atoms with E-state index in [0.717, 1.165) is 35.8 Å². The second-order valence-electron chi connectivity index (χ2n) is 5.73. The summed E-state index contributed by atoms with van der Waals surface area (Å²) in [5.41, 5.74) is 2.88. The third kappa shape index (κ3) is 4.67. The smallest absolute Gasteiger partial charge is 0.226 e. The maximum absolute atomic E-state index is 5.78. The van der Waals surface area contributed by atoms with E-state index < -0.39 is 0 Å². The summed E-state index contributed by atoms with van der Waals surface area (Å²) in [6.45, 7) is 6.19. The van der Waals surface area contributed by atoms with Gasteiger partial charge in [-0.15, -0.1) is 0 Å². The molecule has 0 saturated heterocycles. The van der Waals surface area contributed by atoms with Crippen molar-refractivity contribution in [3.05, 3.63) is 65.7 Å². The van der Waals surface area contributed by atoms with Gasteiger partial charge in [0.15, 0.2) is 0 Å². The van der Waals surface area contributed by atoms with Crippen molar-refractivity contribution in [2.24, 2.45) is 0 Å². The van der Waals surface area contributed by atoms with Crippen LogP contribution in [-0.2, 0) is 13.0 Å². The molecular weight excluding hydrogens is 314 g/mol. The molecule has 0 radical (unpaired) electrons. The van der Waals surface area contributed by atoms with E-state index in [2.05, 4.69) is 22.2 Å². The molecular formula is C20H23N3O2. The fourth-order valence-electron chi connectivity index (χ4n) is 2.51. The van der Waals surface area contributed by atoms with Crippen LogP contribution in [0.5, 0.6) is 5.88 Å². The van der Waals surface area contributed by atoms with Gasteiger partial charge in [0.1, 0.15) is 5.76 Å². The lowest BCUT2D eigenvalue weighted by Crippen LogP contribution is -2.13. The Bertz CT molecular complexity index is 800. The summed E-state index contributed by atoms with van der Waals surface area (Å²) in [4.78, 5) is 9.08. The molecule has 0 aliphatic rings. The van der Waals surface area contributed by atoms with Gasteiger partial charge in [-0.05, 0) is 31.7 Å². The predicted octanol–water partition coefficient (Wildman–Crippen LogP) is 3.78. The van der Waals surface area contributed by atoms with E-state index in [0.29, 0.717) is 24.8 Å². The minimum atomic E-state index is 0.513. The van der Waals surface area contributed by atoms with Crippen molar-refractivity contribution in [3.8, 4) is 17.3 Å². The zero-order valence-electron chi connectivity index (χ0n) is 14.7. The number of ether oxygens (including phenoxy) is 1. The molecule has 0 aliphatic heterocycles. The molecule has 0 fully saturated rings. The number of nitrogens with one attached hydrogen (secondary N) is 1. The first kappa shape index (κ1) is 17.2. The van der Waals surface area contributed by atoms with Crippen LogP contribution in [0.1, 0.15) is 24.1 Å². The van der Waals surface area contributed by atoms with Crippen LogP contribution in [0.15, 0.2) is 52.9 Å². The normalized spacial score (nSPS) is 10.8. The van der Waals surface area contributed by atoms with Crippen LogP contribution in [0.3, 0.4) is 0 Å². The topological polar surface area (TPSA) is 60.2 Å². The van der Waals surface area contributed by atoms with Gasteiger partial charge in [-0.25, -0.2) is 9.97 Å². The molecule has 3 aromatic rings. The van der Waals surface area contributed by atoms with Crippen LogP contribution in [0.2, 0.25) is 0 Å². The Kier molecular flexibility index (Phi) is 5.80. The average Bonchev–Trinajstić information content (AvgIpc) is 3.02. The number of rotatable bonds is 8. The Balaban J connectivity index is 1.58. The van der Waals surface area contributed by atoms with Crippen LogP contribution in [-0.4, -0.2) is 23.1 Å². The number of pyridine rings is 1. The van der Waals surface area contributed by atoms with E-state index in [9.17, 15) is 0 Å². The quantitative estimate of drug-likeness (QED) is 0.678. The third-order valence-electron chi connectivity index (χ3n) is 3.84. The van der Waals surface area contributed by atoms with E-state index in [1.54, 1.807) is 0 Å². The molecule has 2 aromatic heterocycles. The number of aromatic nitrogens is 2. The minimum Gasteiger partial charge on any atom is -0.477 e. The molecule has 0 aliphatic carbocycles. The van der Waals surface area contributed by atoms with E-state index in [1.807, 2.05) is 55.5 Å². The van der Waals surface area contributed by atoms with E-state index in [1.165, 1.54) is 0 Å². The summed E-state index contributed by atoms with van der Waals surface area (Å²) in [5.74, 6) is 2.12. The Morgan fingerprint density at radius 2 is 1.88 bits per heavy atom. The SMILES string of the molecule is CCNCc1cccc(OCCc2nc(-c3ccccc3)oc2C)n1. The number of benzene rings is 1. The molecule has 0 unspecified atom stereocenters. The van der Waals surface area contributed by atoms with Crippen molar-refractivity contribution in [2.75, 3.05) is 13.2 Å². The Hall–Kier alpha value is -2.66. The zero-order chi connectivity index (χ0) is 17.5. The second-order valence-corrected chi connectivity index (χ2v) is 5.73. The average molecular weight is 337 g/mol. The fourth-order valence-corrected chi connectivity index (χ4v) is 2.51. The van der Waals surface area contributed by atoms with Crippen molar-refractivity contribution in [1.82, 2.24) is 15.3 Å². The molecule has 0 atom stereocenters. The van der Waals surface area contributed by atoms with Gasteiger partial charge in [0.25, 0.3) is 0 Å². The molecule has 0 bridgehead atoms. The third-order valence-corrected chi connectivity index (χ3v) is 3.84. The summed E-state index contributed by atoms with van der Waals surface area (Å²) in [5, 5.41) is 3.26. The number of hydrogen-bond donors (Lipinski definition) is 1. The van der Waals surface area contributed by atoms with Gasteiger partial charge in [0, 0.05) is 24.6 Å². The maximum Gasteiger partial charge on any atom is 0.226 e. The van der Waals surface area contributed by atoms with Crippen LogP contribution in [0, 0.1) is 6.92 Å². The molecule has 130 valence electrons. The summed E-state index contributed by atoms with van der Waals surface area (Å²) in [6.07, 6.45) is 0.682. The molecule has 3 rings (SSSR count). The molecule has 1 N–H and O–H groups in total. The zero-order valence-corrected chi connectivity index (χ0v) is 14.7. The lowest BCUT2D eigenvalue weighted by atomic mass is 10.2. The minimum absolute atomic E-state index is 0.513. The van der Waals surface area contributed by atoms with Gasteiger partial charge in [-0.2, -0.15) is 0 Å². The molecule has 5 nitrogen and oxygen atoms in total. The molecule has 0 amide bonds. The maximum atomic E-state index is 5.78. The van der Waals surface area contributed by atoms with E-state index in [4.69, 9.17) is 9.15 Å². The predicted molar refractivity (Wildman–Crippen MR) is 97.5 cm³/mol.